The second kappa shape index (κ2) is 6.12. The molecule has 0 fully saturated rings. The zero-order chi connectivity index (χ0) is 13.0. The lowest BCUT2D eigenvalue weighted by Gasteiger charge is -2.19. The van der Waals surface area contributed by atoms with Crippen molar-refractivity contribution in [1.29, 1.82) is 0 Å². The molecule has 0 radical (unpaired) electrons. The van der Waals surface area contributed by atoms with Gasteiger partial charge in [0.2, 0.25) is 0 Å². The molecular formula is C15H18FNS. The number of hydrogen-bond acceptors (Lipinski definition) is 2. The second-order valence-corrected chi connectivity index (χ2v) is 5.23. The van der Waals surface area contributed by atoms with Crippen molar-refractivity contribution in [3.63, 3.8) is 0 Å². The minimum absolute atomic E-state index is 0.0242. The predicted molar refractivity (Wildman–Crippen MR) is 78.9 cm³/mol. The summed E-state index contributed by atoms with van der Waals surface area (Å²) in [6.07, 6.45) is 0.481. The van der Waals surface area contributed by atoms with Gasteiger partial charge in [0, 0.05) is 10.7 Å². The number of hydrogen-bond donors (Lipinski definition) is 1. The fourth-order valence-electron chi connectivity index (χ4n) is 2.12. The lowest BCUT2D eigenvalue weighted by Crippen LogP contribution is -2.30. The summed E-state index contributed by atoms with van der Waals surface area (Å²) in [6.45, 7) is 6.66. The van der Waals surface area contributed by atoms with E-state index in [1.807, 2.05) is 6.92 Å². The summed E-state index contributed by atoms with van der Waals surface area (Å²) in [5.41, 5.74) is 2.07. The first-order valence-electron chi connectivity index (χ1n) is 6.22. The van der Waals surface area contributed by atoms with Gasteiger partial charge in [-0.3, -0.25) is 4.39 Å². The van der Waals surface area contributed by atoms with Crippen LogP contribution in [0.25, 0.3) is 15.7 Å². The van der Waals surface area contributed by atoms with Gasteiger partial charge < -0.3 is 5.32 Å². The van der Waals surface area contributed by atoms with Crippen LogP contribution in [0.1, 0.15) is 18.9 Å². The van der Waals surface area contributed by atoms with Crippen molar-refractivity contribution in [3.8, 4) is 0 Å². The van der Waals surface area contributed by atoms with Crippen molar-refractivity contribution in [2.24, 2.45) is 0 Å². The first kappa shape index (κ1) is 13.2. The Morgan fingerprint density at radius 1 is 1.44 bits per heavy atom. The third kappa shape index (κ3) is 2.79. The molecule has 1 atom stereocenters. The van der Waals surface area contributed by atoms with Crippen LogP contribution in [0.4, 0.5) is 4.39 Å². The van der Waals surface area contributed by atoms with Crippen LogP contribution in [-0.4, -0.2) is 19.3 Å². The van der Waals surface area contributed by atoms with Crippen LogP contribution in [0.15, 0.2) is 36.2 Å². The molecule has 18 heavy (non-hydrogen) atoms. The van der Waals surface area contributed by atoms with Crippen LogP contribution in [0.3, 0.4) is 0 Å². The van der Waals surface area contributed by atoms with E-state index in [2.05, 4.69) is 41.5 Å². The summed E-state index contributed by atoms with van der Waals surface area (Å²) in [4.78, 5) is 0. The van der Waals surface area contributed by atoms with Crippen molar-refractivity contribution in [2.75, 3.05) is 13.2 Å². The average Bonchev–Trinajstić information content (AvgIpc) is 2.84. The third-order valence-electron chi connectivity index (χ3n) is 3.09. The number of thiophene rings is 1. The zero-order valence-electron chi connectivity index (χ0n) is 10.6. The van der Waals surface area contributed by atoms with Crippen molar-refractivity contribution in [1.82, 2.24) is 5.32 Å². The van der Waals surface area contributed by atoms with Gasteiger partial charge in [-0.2, -0.15) is 0 Å². The average molecular weight is 263 g/mol. The molecule has 96 valence electrons. The normalized spacial score (nSPS) is 12.8. The van der Waals surface area contributed by atoms with Crippen LogP contribution >= 0.6 is 11.3 Å². The largest absolute Gasteiger partial charge is 0.310 e. The van der Waals surface area contributed by atoms with E-state index in [1.165, 1.54) is 10.1 Å². The SMILES string of the molecule is C=C(c1ccc2sccc2c1)C(CCF)NCC. The lowest BCUT2D eigenvalue weighted by atomic mass is 9.97. The van der Waals surface area contributed by atoms with Gasteiger partial charge in [-0.05, 0) is 53.1 Å². The number of fused-ring (bicyclic) bond motifs is 1. The molecule has 1 unspecified atom stereocenters. The molecule has 0 spiro atoms. The Morgan fingerprint density at radius 2 is 2.28 bits per heavy atom. The topological polar surface area (TPSA) is 12.0 Å². The molecule has 1 heterocycles. The quantitative estimate of drug-likeness (QED) is 0.821. The van der Waals surface area contributed by atoms with Crippen LogP contribution in [-0.2, 0) is 0 Å². The molecule has 1 N–H and O–H groups in total. The molecule has 2 rings (SSSR count). The number of rotatable bonds is 6. The summed E-state index contributed by atoms with van der Waals surface area (Å²) in [5, 5.41) is 6.60. The van der Waals surface area contributed by atoms with Crippen molar-refractivity contribution in [3.05, 3.63) is 41.8 Å². The number of nitrogens with one attached hydrogen (secondary N) is 1. The van der Waals surface area contributed by atoms with Crippen molar-refractivity contribution >= 4 is 27.0 Å². The standard InChI is InChI=1S/C15H18FNS/c1-3-17-14(6-8-16)11(2)12-4-5-15-13(10-12)7-9-18-15/h4-5,7,9-10,14,17H,2-3,6,8H2,1H3. The van der Waals surface area contributed by atoms with Gasteiger partial charge in [0.25, 0.3) is 0 Å². The maximum absolute atomic E-state index is 12.6. The summed E-state index contributed by atoms with van der Waals surface area (Å²) >= 11 is 1.73. The first-order chi connectivity index (χ1) is 8.76. The Kier molecular flexibility index (Phi) is 4.50. The number of alkyl halides is 1. The van der Waals surface area contributed by atoms with E-state index in [1.54, 1.807) is 11.3 Å². The lowest BCUT2D eigenvalue weighted by molar-refractivity contribution is 0.436. The zero-order valence-corrected chi connectivity index (χ0v) is 11.4. The molecule has 0 aliphatic heterocycles. The van der Waals surface area contributed by atoms with Gasteiger partial charge in [0.15, 0.2) is 0 Å². The van der Waals surface area contributed by atoms with E-state index in [0.29, 0.717) is 6.42 Å². The monoisotopic (exact) mass is 263 g/mol. The fourth-order valence-corrected chi connectivity index (χ4v) is 2.89. The summed E-state index contributed by atoms with van der Waals surface area (Å²) in [6, 6.07) is 8.45. The van der Waals surface area contributed by atoms with E-state index in [0.717, 1.165) is 17.7 Å². The maximum Gasteiger partial charge on any atom is 0.0912 e. The second-order valence-electron chi connectivity index (χ2n) is 4.29. The summed E-state index contributed by atoms with van der Waals surface area (Å²) in [5.74, 6) is 0. The van der Waals surface area contributed by atoms with Gasteiger partial charge >= 0.3 is 0 Å². The van der Waals surface area contributed by atoms with Gasteiger partial charge in [0.05, 0.1) is 6.67 Å². The molecule has 0 bridgehead atoms. The van der Waals surface area contributed by atoms with Gasteiger partial charge in [-0.15, -0.1) is 11.3 Å². The minimum atomic E-state index is -0.322. The molecule has 3 heteroatoms. The van der Waals surface area contributed by atoms with Crippen molar-refractivity contribution in [2.45, 2.75) is 19.4 Å². The third-order valence-corrected chi connectivity index (χ3v) is 3.99. The molecule has 0 saturated heterocycles. The fraction of sp³-hybridized carbons (Fsp3) is 0.333. The molecule has 1 nitrogen and oxygen atoms in total. The Balaban J connectivity index is 2.24. The van der Waals surface area contributed by atoms with Gasteiger partial charge in [-0.1, -0.05) is 19.6 Å². The van der Waals surface area contributed by atoms with Crippen LogP contribution in [0.5, 0.6) is 0 Å². The molecule has 1 aromatic carbocycles. The van der Waals surface area contributed by atoms with E-state index >= 15 is 0 Å². The van der Waals surface area contributed by atoms with E-state index in [-0.39, 0.29) is 12.7 Å². The molecule has 0 saturated carbocycles. The minimum Gasteiger partial charge on any atom is -0.310 e. The number of likely N-dealkylation sites (N-methyl/N-ethyl adjacent to an activating group) is 1. The van der Waals surface area contributed by atoms with Crippen LogP contribution in [0.2, 0.25) is 0 Å². The smallest absolute Gasteiger partial charge is 0.0912 e. The highest BCUT2D eigenvalue weighted by atomic mass is 32.1. The molecule has 0 aliphatic rings. The molecular weight excluding hydrogens is 245 g/mol. The van der Waals surface area contributed by atoms with Crippen LogP contribution < -0.4 is 5.32 Å². The maximum atomic E-state index is 12.6. The molecule has 0 amide bonds. The summed E-state index contributed by atoms with van der Waals surface area (Å²) in [7, 11) is 0. The van der Waals surface area contributed by atoms with Crippen LogP contribution in [0, 0.1) is 0 Å². The Morgan fingerprint density at radius 3 is 3.00 bits per heavy atom. The molecule has 2 aromatic rings. The van der Waals surface area contributed by atoms with Gasteiger partial charge in [0.1, 0.15) is 0 Å². The van der Waals surface area contributed by atoms with E-state index in [9.17, 15) is 4.39 Å². The highest BCUT2D eigenvalue weighted by molar-refractivity contribution is 7.17. The highest BCUT2D eigenvalue weighted by Gasteiger charge is 2.13. The number of benzene rings is 1. The summed E-state index contributed by atoms with van der Waals surface area (Å²) < 4.78 is 13.8. The molecule has 1 aromatic heterocycles. The van der Waals surface area contributed by atoms with E-state index in [4.69, 9.17) is 0 Å². The predicted octanol–water partition coefficient (Wildman–Crippen LogP) is 4.25. The highest BCUT2D eigenvalue weighted by Crippen LogP contribution is 2.26. The number of halogens is 1. The Hall–Kier alpha value is -1.19. The Labute approximate surface area is 111 Å². The van der Waals surface area contributed by atoms with Crippen molar-refractivity contribution < 1.29 is 4.39 Å². The first-order valence-corrected chi connectivity index (χ1v) is 7.10. The van der Waals surface area contributed by atoms with Gasteiger partial charge in [-0.25, -0.2) is 0 Å². The van der Waals surface area contributed by atoms with E-state index < -0.39 is 0 Å². The Bertz CT molecular complexity index is 526. The molecule has 0 aliphatic carbocycles.